The van der Waals surface area contributed by atoms with Crippen LogP contribution < -0.4 is 0 Å². The number of benzene rings is 10. The number of aromatic nitrogens is 4. The van der Waals surface area contributed by atoms with Crippen LogP contribution >= 0.6 is 0 Å². The van der Waals surface area contributed by atoms with E-state index in [4.69, 9.17) is 15.0 Å². The summed E-state index contributed by atoms with van der Waals surface area (Å²) in [6, 6.07) is 77.6. The van der Waals surface area contributed by atoms with Gasteiger partial charge < -0.3 is 4.57 Å². The number of nitrogens with zero attached hydrogens (tertiary/aromatic N) is 4. The first-order valence-corrected chi connectivity index (χ1v) is 20.7. The van der Waals surface area contributed by atoms with E-state index in [1.165, 1.54) is 59.7 Å². The van der Waals surface area contributed by atoms with Crippen molar-refractivity contribution in [1.29, 1.82) is 0 Å². The Labute approximate surface area is 352 Å². The van der Waals surface area contributed by atoms with Crippen molar-refractivity contribution in [2.45, 2.75) is 0 Å². The van der Waals surface area contributed by atoms with Crippen LogP contribution in [0.25, 0.3) is 116 Å². The van der Waals surface area contributed by atoms with Gasteiger partial charge >= 0.3 is 0 Å². The van der Waals surface area contributed by atoms with Crippen molar-refractivity contribution in [1.82, 2.24) is 19.5 Å². The van der Waals surface area contributed by atoms with Gasteiger partial charge in [-0.2, -0.15) is 0 Å². The molecule has 12 aromatic rings. The lowest BCUT2D eigenvalue weighted by atomic mass is 9.97. The van der Waals surface area contributed by atoms with Gasteiger partial charge in [0.25, 0.3) is 0 Å². The fourth-order valence-corrected chi connectivity index (χ4v) is 9.09. The van der Waals surface area contributed by atoms with Crippen molar-refractivity contribution in [3.05, 3.63) is 218 Å². The van der Waals surface area contributed by atoms with Gasteiger partial charge in [0.2, 0.25) is 0 Å². The zero-order chi connectivity index (χ0) is 40.3. The number of fused-ring (bicyclic) bond motifs is 8. The van der Waals surface area contributed by atoms with Crippen LogP contribution in [0.5, 0.6) is 0 Å². The summed E-state index contributed by atoms with van der Waals surface area (Å²) in [4.78, 5) is 15.2. The maximum absolute atomic E-state index is 5.11. The maximum atomic E-state index is 5.11. The third kappa shape index (κ3) is 5.96. The van der Waals surface area contributed by atoms with E-state index in [2.05, 4.69) is 193 Å². The van der Waals surface area contributed by atoms with E-state index in [9.17, 15) is 0 Å². The van der Waals surface area contributed by atoms with Crippen LogP contribution in [0.3, 0.4) is 0 Å². The molecule has 0 aliphatic rings. The van der Waals surface area contributed by atoms with E-state index in [0.717, 1.165) is 39.1 Å². The number of rotatable bonds is 6. The van der Waals surface area contributed by atoms with Gasteiger partial charge in [0, 0.05) is 33.2 Å². The molecule has 61 heavy (non-hydrogen) atoms. The topological polar surface area (TPSA) is 43.6 Å². The first-order valence-electron chi connectivity index (χ1n) is 20.7. The van der Waals surface area contributed by atoms with Crippen molar-refractivity contribution in [2.24, 2.45) is 0 Å². The van der Waals surface area contributed by atoms with E-state index in [1.54, 1.807) is 0 Å². The quantitative estimate of drug-likeness (QED) is 0.169. The molecule has 0 amide bonds. The molecule has 0 fully saturated rings. The standard InChI is InChI=1S/C57H36N4/c1-2-15-42(16-3-1)55-58-56(43-26-24-41(25-27-43)48-23-11-17-38-12-4-7-20-47(38)48)60-57(59-55)45-19-10-18-44(36-45)37-28-32-46(33-29-37)61-51-34-30-39-13-5-8-21-49(39)53(51)54-50-22-9-6-14-40(50)31-35-52(54)61/h1-36H. The maximum Gasteiger partial charge on any atom is 0.164 e. The summed E-state index contributed by atoms with van der Waals surface area (Å²) in [6.07, 6.45) is 0. The largest absolute Gasteiger partial charge is 0.309 e. The molecule has 0 unspecified atom stereocenters. The summed E-state index contributed by atoms with van der Waals surface area (Å²) in [6.45, 7) is 0. The van der Waals surface area contributed by atoms with Gasteiger partial charge in [-0.05, 0) is 84.9 Å². The molecular formula is C57H36N4. The second-order valence-electron chi connectivity index (χ2n) is 15.6. The van der Waals surface area contributed by atoms with Crippen LogP contribution in [0.4, 0.5) is 0 Å². The average Bonchev–Trinajstić information content (AvgIpc) is 3.69. The van der Waals surface area contributed by atoms with Crippen molar-refractivity contribution in [3.8, 4) is 62.1 Å². The molecule has 2 heterocycles. The minimum atomic E-state index is 0.630. The van der Waals surface area contributed by atoms with Crippen LogP contribution in [0.2, 0.25) is 0 Å². The molecular weight excluding hydrogens is 741 g/mol. The smallest absolute Gasteiger partial charge is 0.164 e. The van der Waals surface area contributed by atoms with Gasteiger partial charge in [-0.15, -0.1) is 0 Å². The normalized spacial score (nSPS) is 11.6. The zero-order valence-corrected chi connectivity index (χ0v) is 33.1. The Morgan fingerprint density at radius 1 is 0.279 bits per heavy atom. The number of hydrogen-bond donors (Lipinski definition) is 0. The van der Waals surface area contributed by atoms with Crippen LogP contribution in [0.15, 0.2) is 218 Å². The summed E-state index contributed by atoms with van der Waals surface area (Å²) in [5.74, 6) is 1.90. The third-order valence-electron chi connectivity index (χ3n) is 12.0. The first-order chi connectivity index (χ1) is 30.2. The minimum Gasteiger partial charge on any atom is -0.309 e. The van der Waals surface area contributed by atoms with E-state index in [1.807, 2.05) is 30.3 Å². The van der Waals surface area contributed by atoms with Crippen molar-refractivity contribution in [2.75, 3.05) is 0 Å². The predicted octanol–water partition coefficient (Wildman–Crippen LogP) is 14.8. The van der Waals surface area contributed by atoms with Gasteiger partial charge in [0.1, 0.15) is 0 Å². The lowest BCUT2D eigenvalue weighted by molar-refractivity contribution is 1.07. The Balaban J connectivity index is 0.934. The van der Waals surface area contributed by atoms with Crippen LogP contribution in [-0.2, 0) is 0 Å². The molecule has 0 atom stereocenters. The molecule has 0 bridgehead atoms. The Kier molecular flexibility index (Phi) is 8.13. The fraction of sp³-hybridized carbons (Fsp3) is 0. The Bertz CT molecular complexity index is 3530. The molecule has 4 nitrogen and oxygen atoms in total. The SMILES string of the molecule is c1ccc(-c2nc(-c3ccc(-c4cccc5ccccc45)cc3)nc(-c3cccc(-c4ccc(-n5c6ccc7ccccc7c6c6c7ccccc7ccc65)cc4)c3)n2)cc1. The molecule has 2 aromatic heterocycles. The van der Waals surface area contributed by atoms with Gasteiger partial charge in [-0.3, -0.25) is 0 Å². The lowest BCUT2D eigenvalue weighted by Gasteiger charge is -2.12. The Morgan fingerprint density at radius 2 is 0.721 bits per heavy atom. The summed E-state index contributed by atoms with van der Waals surface area (Å²) in [7, 11) is 0. The molecule has 0 saturated carbocycles. The Morgan fingerprint density at radius 3 is 1.36 bits per heavy atom. The highest BCUT2D eigenvalue weighted by Gasteiger charge is 2.18. The molecule has 12 rings (SSSR count). The molecule has 4 heteroatoms. The van der Waals surface area contributed by atoms with Crippen molar-refractivity contribution in [3.63, 3.8) is 0 Å². The fourth-order valence-electron chi connectivity index (χ4n) is 9.09. The van der Waals surface area contributed by atoms with E-state index in [-0.39, 0.29) is 0 Å². The summed E-state index contributed by atoms with van der Waals surface area (Å²) in [5.41, 5.74) is 10.9. The van der Waals surface area contributed by atoms with Crippen molar-refractivity contribution < 1.29 is 0 Å². The molecule has 0 aliphatic heterocycles. The molecule has 10 aromatic carbocycles. The van der Waals surface area contributed by atoms with E-state index in [0.29, 0.717) is 17.5 Å². The monoisotopic (exact) mass is 776 g/mol. The average molecular weight is 777 g/mol. The summed E-state index contributed by atoms with van der Waals surface area (Å²) < 4.78 is 2.41. The molecule has 0 N–H and O–H groups in total. The third-order valence-corrected chi connectivity index (χ3v) is 12.0. The number of hydrogen-bond acceptors (Lipinski definition) is 3. The molecule has 0 saturated heterocycles. The molecule has 0 spiro atoms. The lowest BCUT2D eigenvalue weighted by Crippen LogP contribution is -2.00. The summed E-state index contributed by atoms with van der Waals surface area (Å²) >= 11 is 0. The van der Waals surface area contributed by atoms with Crippen LogP contribution in [0.1, 0.15) is 0 Å². The summed E-state index contributed by atoms with van der Waals surface area (Å²) in [5, 5.41) is 10.1. The van der Waals surface area contributed by atoms with Crippen LogP contribution in [0, 0.1) is 0 Å². The highest BCUT2D eigenvalue weighted by molar-refractivity contribution is 6.28. The second kappa shape index (κ2) is 14.3. The molecule has 0 aliphatic carbocycles. The zero-order valence-electron chi connectivity index (χ0n) is 33.1. The van der Waals surface area contributed by atoms with E-state index < -0.39 is 0 Å². The molecule has 0 radical (unpaired) electrons. The van der Waals surface area contributed by atoms with Crippen LogP contribution in [-0.4, -0.2) is 19.5 Å². The molecule has 284 valence electrons. The van der Waals surface area contributed by atoms with Crippen molar-refractivity contribution >= 4 is 54.1 Å². The van der Waals surface area contributed by atoms with Gasteiger partial charge in [0.05, 0.1) is 11.0 Å². The first kappa shape index (κ1) is 34.8. The van der Waals surface area contributed by atoms with Gasteiger partial charge in [0.15, 0.2) is 17.5 Å². The highest BCUT2D eigenvalue weighted by Crippen LogP contribution is 2.41. The second-order valence-corrected chi connectivity index (χ2v) is 15.6. The van der Waals surface area contributed by atoms with Gasteiger partial charge in [-0.1, -0.05) is 188 Å². The minimum absolute atomic E-state index is 0.630. The van der Waals surface area contributed by atoms with Gasteiger partial charge in [-0.25, -0.2) is 15.0 Å². The van der Waals surface area contributed by atoms with E-state index >= 15 is 0 Å². The Hall–Kier alpha value is -8.21. The highest BCUT2D eigenvalue weighted by atomic mass is 15.0. The predicted molar refractivity (Wildman–Crippen MR) is 254 cm³/mol.